The molecule has 0 aliphatic rings. The second kappa shape index (κ2) is 3.35. The number of benzene rings is 1. The summed E-state index contributed by atoms with van der Waals surface area (Å²) in [5, 5.41) is 8.67. The van der Waals surface area contributed by atoms with Crippen LogP contribution in [0.2, 0.25) is 0 Å². The van der Waals surface area contributed by atoms with E-state index in [-0.39, 0.29) is 11.1 Å². The largest absolute Gasteiger partial charge is 0.310 e. The molecule has 0 saturated carbocycles. The molecule has 0 aliphatic carbocycles. The SMILES string of the molecule is Cc1cc(F)c([C@@](C)(N)C#N)cc1F. The first-order valence-corrected chi connectivity index (χ1v) is 4.04. The number of nitrogens with two attached hydrogens (primary N) is 1. The fourth-order valence-corrected chi connectivity index (χ4v) is 1.10. The fraction of sp³-hybridized carbons (Fsp3) is 0.300. The molecule has 1 rings (SSSR count). The van der Waals surface area contributed by atoms with Gasteiger partial charge in [-0.15, -0.1) is 0 Å². The first-order chi connectivity index (χ1) is 6.38. The minimum absolute atomic E-state index is 0.122. The Morgan fingerprint density at radius 2 is 1.93 bits per heavy atom. The van der Waals surface area contributed by atoms with Crippen LogP contribution < -0.4 is 5.73 Å². The van der Waals surface area contributed by atoms with Crippen LogP contribution in [0.3, 0.4) is 0 Å². The van der Waals surface area contributed by atoms with E-state index in [0.717, 1.165) is 12.1 Å². The lowest BCUT2D eigenvalue weighted by atomic mass is 9.93. The number of halogens is 2. The molecule has 14 heavy (non-hydrogen) atoms. The van der Waals surface area contributed by atoms with Gasteiger partial charge in [0.2, 0.25) is 0 Å². The summed E-state index contributed by atoms with van der Waals surface area (Å²) in [6, 6.07) is 3.72. The number of aryl methyl sites for hydroxylation is 1. The van der Waals surface area contributed by atoms with E-state index in [1.807, 2.05) is 0 Å². The zero-order valence-corrected chi connectivity index (χ0v) is 7.94. The predicted molar refractivity (Wildman–Crippen MR) is 48.2 cm³/mol. The number of nitriles is 1. The van der Waals surface area contributed by atoms with E-state index in [0.29, 0.717) is 0 Å². The van der Waals surface area contributed by atoms with Crippen LogP contribution in [0.5, 0.6) is 0 Å². The smallest absolute Gasteiger partial charge is 0.129 e. The van der Waals surface area contributed by atoms with Crippen molar-refractivity contribution in [2.24, 2.45) is 5.73 Å². The topological polar surface area (TPSA) is 49.8 Å². The Balaban J connectivity index is 3.38. The van der Waals surface area contributed by atoms with Crippen molar-refractivity contribution < 1.29 is 8.78 Å². The molecular formula is C10H10F2N2. The van der Waals surface area contributed by atoms with Gasteiger partial charge in [0.05, 0.1) is 6.07 Å². The molecular weight excluding hydrogens is 186 g/mol. The summed E-state index contributed by atoms with van der Waals surface area (Å²) >= 11 is 0. The average Bonchev–Trinajstić information content (AvgIpc) is 2.11. The Labute approximate surface area is 81.0 Å². The van der Waals surface area contributed by atoms with Crippen molar-refractivity contribution >= 4 is 0 Å². The molecule has 1 atom stereocenters. The third-order valence-electron chi connectivity index (χ3n) is 2.04. The molecule has 74 valence electrons. The molecule has 0 saturated heterocycles. The molecule has 0 amide bonds. The average molecular weight is 196 g/mol. The molecule has 2 nitrogen and oxygen atoms in total. The molecule has 2 N–H and O–H groups in total. The zero-order chi connectivity index (χ0) is 10.9. The maximum absolute atomic E-state index is 13.3. The van der Waals surface area contributed by atoms with Crippen LogP contribution in [0.4, 0.5) is 8.78 Å². The van der Waals surface area contributed by atoms with Gasteiger partial charge in [0.15, 0.2) is 0 Å². The van der Waals surface area contributed by atoms with Crippen molar-refractivity contribution in [3.8, 4) is 6.07 Å². The summed E-state index contributed by atoms with van der Waals surface area (Å²) in [4.78, 5) is 0. The van der Waals surface area contributed by atoms with Crippen molar-refractivity contribution in [2.75, 3.05) is 0 Å². The van der Waals surface area contributed by atoms with Crippen molar-refractivity contribution in [3.05, 3.63) is 34.9 Å². The van der Waals surface area contributed by atoms with Gasteiger partial charge >= 0.3 is 0 Å². The molecule has 0 unspecified atom stereocenters. The normalized spacial score (nSPS) is 14.6. The molecule has 0 bridgehead atoms. The highest BCUT2D eigenvalue weighted by Gasteiger charge is 2.25. The number of hydrogen-bond acceptors (Lipinski definition) is 2. The molecule has 0 aliphatic heterocycles. The highest BCUT2D eigenvalue weighted by molar-refractivity contribution is 5.34. The first kappa shape index (κ1) is 10.6. The molecule has 0 fully saturated rings. The van der Waals surface area contributed by atoms with Crippen LogP contribution in [0, 0.1) is 29.9 Å². The summed E-state index contributed by atoms with van der Waals surface area (Å²) in [6.07, 6.45) is 0. The Morgan fingerprint density at radius 3 is 2.43 bits per heavy atom. The van der Waals surface area contributed by atoms with Crippen molar-refractivity contribution in [3.63, 3.8) is 0 Å². The lowest BCUT2D eigenvalue weighted by molar-refractivity contribution is 0.532. The third kappa shape index (κ3) is 1.73. The molecule has 0 spiro atoms. The van der Waals surface area contributed by atoms with Crippen LogP contribution in [0.25, 0.3) is 0 Å². The monoisotopic (exact) mass is 196 g/mol. The van der Waals surface area contributed by atoms with Gasteiger partial charge in [-0.3, -0.25) is 0 Å². The lowest BCUT2D eigenvalue weighted by Crippen LogP contribution is -2.32. The summed E-state index contributed by atoms with van der Waals surface area (Å²) in [5.41, 5.74) is 4.06. The molecule has 0 heterocycles. The quantitative estimate of drug-likeness (QED) is 0.746. The van der Waals surface area contributed by atoms with Crippen LogP contribution in [0.15, 0.2) is 12.1 Å². The zero-order valence-electron chi connectivity index (χ0n) is 7.94. The second-order valence-corrected chi connectivity index (χ2v) is 3.40. The number of rotatable bonds is 1. The summed E-state index contributed by atoms with van der Waals surface area (Å²) < 4.78 is 26.4. The van der Waals surface area contributed by atoms with E-state index < -0.39 is 17.2 Å². The van der Waals surface area contributed by atoms with Crippen LogP contribution in [-0.2, 0) is 5.54 Å². The molecule has 1 aromatic carbocycles. The van der Waals surface area contributed by atoms with Crippen LogP contribution >= 0.6 is 0 Å². The van der Waals surface area contributed by atoms with Gasteiger partial charge in [-0.1, -0.05) is 0 Å². The Morgan fingerprint density at radius 1 is 1.36 bits per heavy atom. The number of hydrogen-bond donors (Lipinski definition) is 1. The molecule has 0 radical (unpaired) electrons. The fourth-order valence-electron chi connectivity index (χ4n) is 1.10. The van der Waals surface area contributed by atoms with Gasteiger partial charge in [-0.05, 0) is 31.5 Å². The highest BCUT2D eigenvalue weighted by Crippen LogP contribution is 2.23. The standard InChI is InChI=1S/C10H10F2N2/c1-6-3-9(12)7(4-8(6)11)10(2,14)5-13/h3-4H,14H2,1-2H3/t10-/m0/s1. The Kier molecular flexibility index (Phi) is 2.54. The van der Waals surface area contributed by atoms with Gasteiger partial charge in [0.25, 0.3) is 0 Å². The van der Waals surface area contributed by atoms with Crippen molar-refractivity contribution in [1.82, 2.24) is 0 Å². The first-order valence-electron chi connectivity index (χ1n) is 4.04. The minimum Gasteiger partial charge on any atom is -0.310 e. The summed E-state index contributed by atoms with van der Waals surface area (Å²) in [5.74, 6) is -1.22. The van der Waals surface area contributed by atoms with E-state index in [1.54, 1.807) is 6.07 Å². The van der Waals surface area contributed by atoms with Gasteiger partial charge in [0, 0.05) is 5.56 Å². The second-order valence-electron chi connectivity index (χ2n) is 3.40. The van der Waals surface area contributed by atoms with E-state index in [9.17, 15) is 8.78 Å². The molecule has 1 aromatic rings. The summed E-state index contributed by atoms with van der Waals surface area (Å²) in [6.45, 7) is 2.78. The molecule has 4 heteroatoms. The number of nitrogens with zero attached hydrogens (tertiary/aromatic N) is 1. The van der Waals surface area contributed by atoms with Crippen LogP contribution in [-0.4, -0.2) is 0 Å². The van der Waals surface area contributed by atoms with E-state index >= 15 is 0 Å². The van der Waals surface area contributed by atoms with Gasteiger partial charge < -0.3 is 5.73 Å². The minimum atomic E-state index is -1.50. The van der Waals surface area contributed by atoms with E-state index in [4.69, 9.17) is 11.0 Å². The predicted octanol–water partition coefficient (Wildman–Crippen LogP) is 1.97. The highest BCUT2D eigenvalue weighted by atomic mass is 19.1. The van der Waals surface area contributed by atoms with E-state index in [2.05, 4.69) is 0 Å². The Hall–Kier alpha value is -1.47. The van der Waals surface area contributed by atoms with E-state index in [1.165, 1.54) is 13.8 Å². The lowest BCUT2D eigenvalue weighted by Gasteiger charge is -2.17. The Bertz CT molecular complexity index is 405. The third-order valence-corrected chi connectivity index (χ3v) is 2.04. The van der Waals surface area contributed by atoms with Crippen molar-refractivity contribution in [2.45, 2.75) is 19.4 Å². The summed E-state index contributed by atoms with van der Waals surface area (Å²) in [7, 11) is 0. The van der Waals surface area contributed by atoms with Gasteiger partial charge in [-0.25, -0.2) is 8.78 Å². The van der Waals surface area contributed by atoms with Gasteiger partial charge in [0.1, 0.15) is 17.2 Å². The maximum atomic E-state index is 13.3. The van der Waals surface area contributed by atoms with Gasteiger partial charge in [-0.2, -0.15) is 5.26 Å². The van der Waals surface area contributed by atoms with Crippen LogP contribution in [0.1, 0.15) is 18.1 Å². The maximum Gasteiger partial charge on any atom is 0.129 e. The molecule has 0 aromatic heterocycles. The van der Waals surface area contributed by atoms with Crippen molar-refractivity contribution in [1.29, 1.82) is 5.26 Å².